The van der Waals surface area contributed by atoms with E-state index in [4.69, 9.17) is 0 Å². The van der Waals surface area contributed by atoms with E-state index < -0.39 is 10.0 Å². The van der Waals surface area contributed by atoms with E-state index in [1.165, 1.54) is 9.87 Å². The Bertz CT molecular complexity index is 1160. The third kappa shape index (κ3) is 6.45. The first-order chi connectivity index (χ1) is 15.8. The fourth-order valence-corrected chi connectivity index (χ4v) is 5.26. The van der Waals surface area contributed by atoms with E-state index in [0.29, 0.717) is 12.2 Å². The summed E-state index contributed by atoms with van der Waals surface area (Å²) in [6.45, 7) is 6.08. The normalized spacial score (nSPS) is 12.2. The Morgan fingerprint density at radius 2 is 1.58 bits per heavy atom. The second-order valence-corrected chi connectivity index (χ2v) is 10.2. The molecule has 0 fully saturated rings. The maximum Gasteiger partial charge on any atom is 0.264 e. The number of hydrogen-bond acceptors (Lipinski definition) is 3. The van der Waals surface area contributed by atoms with Crippen molar-refractivity contribution in [2.75, 3.05) is 17.4 Å². The van der Waals surface area contributed by atoms with Crippen LogP contribution < -0.4 is 9.62 Å². The molecule has 0 aliphatic heterocycles. The standard InChI is InChI=1S/C27H32N2O3S/c1-4-23(18-24-11-7-5-8-12-24)19-28-27(30)20-29(26-17-21(2)15-16-22(26)3)33(31,32)25-13-9-6-10-14-25/h5-17,23H,4,18-20H2,1-3H3,(H,28,30). The van der Waals surface area contributed by atoms with E-state index in [1.54, 1.807) is 30.3 Å². The van der Waals surface area contributed by atoms with Gasteiger partial charge in [-0.1, -0.05) is 74.0 Å². The minimum atomic E-state index is -3.91. The third-order valence-electron chi connectivity index (χ3n) is 5.78. The van der Waals surface area contributed by atoms with Crippen LogP contribution in [0.4, 0.5) is 5.69 Å². The minimum absolute atomic E-state index is 0.161. The molecule has 33 heavy (non-hydrogen) atoms. The Morgan fingerprint density at radius 3 is 2.21 bits per heavy atom. The topological polar surface area (TPSA) is 66.5 Å². The number of rotatable bonds is 10. The fraction of sp³-hybridized carbons (Fsp3) is 0.296. The molecule has 0 aliphatic carbocycles. The monoisotopic (exact) mass is 464 g/mol. The molecule has 0 bridgehead atoms. The van der Waals surface area contributed by atoms with E-state index in [1.807, 2.05) is 50.2 Å². The molecule has 3 aromatic carbocycles. The molecule has 5 nitrogen and oxygen atoms in total. The van der Waals surface area contributed by atoms with E-state index >= 15 is 0 Å². The van der Waals surface area contributed by atoms with Crippen LogP contribution in [0.25, 0.3) is 0 Å². The van der Waals surface area contributed by atoms with Gasteiger partial charge in [-0.25, -0.2) is 8.42 Å². The maximum atomic E-state index is 13.5. The first-order valence-electron chi connectivity index (χ1n) is 11.3. The van der Waals surface area contributed by atoms with Crippen molar-refractivity contribution >= 4 is 21.6 Å². The Balaban J connectivity index is 1.80. The van der Waals surface area contributed by atoms with Gasteiger partial charge in [-0.15, -0.1) is 0 Å². The van der Waals surface area contributed by atoms with Gasteiger partial charge in [0.05, 0.1) is 10.6 Å². The lowest BCUT2D eigenvalue weighted by atomic mass is 9.97. The molecule has 0 radical (unpaired) electrons. The molecule has 1 atom stereocenters. The molecule has 1 amide bonds. The number of nitrogens with zero attached hydrogens (tertiary/aromatic N) is 1. The predicted octanol–water partition coefficient (Wildman–Crippen LogP) is 4.88. The number of hydrogen-bond donors (Lipinski definition) is 1. The summed E-state index contributed by atoms with van der Waals surface area (Å²) >= 11 is 0. The van der Waals surface area contributed by atoms with Crippen LogP contribution in [0.2, 0.25) is 0 Å². The fourth-order valence-electron chi connectivity index (χ4n) is 3.76. The zero-order valence-electron chi connectivity index (χ0n) is 19.5. The highest BCUT2D eigenvalue weighted by Crippen LogP contribution is 2.27. The molecule has 0 saturated heterocycles. The molecule has 3 aromatic rings. The summed E-state index contributed by atoms with van der Waals surface area (Å²) in [6.07, 6.45) is 1.78. The van der Waals surface area contributed by atoms with Crippen molar-refractivity contribution in [1.82, 2.24) is 5.32 Å². The largest absolute Gasteiger partial charge is 0.354 e. The first kappa shape index (κ1) is 24.5. The van der Waals surface area contributed by atoms with Crippen LogP contribution in [0.15, 0.2) is 83.8 Å². The molecule has 0 saturated carbocycles. The Labute approximate surface area is 197 Å². The Kier molecular flexibility index (Phi) is 8.28. The highest BCUT2D eigenvalue weighted by atomic mass is 32.2. The predicted molar refractivity (Wildman–Crippen MR) is 134 cm³/mol. The van der Waals surface area contributed by atoms with Gasteiger partial charge in [0.2, 0.25) is 5.91 Å². The van der Waals surface area contributed by atoms with Gasteiger partial charge in [0.15, 0.2) is 0 Å². The van der Waals surface area contributed by atoms with Crippen LogP contribution in [0.5, 0.6) is 0 Å². The summed E-state index contributed by atoms with van der Waals surface area (Å²) in [6, 6.07) is 24.0. The maximum absolute atomic E-state index is 13.5. The average molecular weight is 465 g/mol. The zero-order valence-corrected chi connectivity index (χ0v) is 20.3. The SMILES string of the molecule is CCC(CNC(=O)CN(c1cc(C)ccc1C)S(=O)(=O)c1ccccc1)Cc1ccccc1. The van der Waals surface area contributed by atoms with Gasteiger partial charge in [0.1, 0.15) is 6.54 Å². The highest BCUT2D eigenvalue weighted by Gasteiger charge is 2.28. The first-order valence-corrected chi connectivity index (χ1v) is 12.7. The zero-order chi connectivity index (χ0) is 23.8. The van der Waals surface area contributed by atoms with Gasteiger partial charge >= 0.3 is 0 Å². The second-order valence-electron chi connectivity index (χ2n) is 8.38. The summed E-state index contributed by atoms with van der Waals surface area (Å²) in [4.78, 5) is 13.1. The van der Waals surface area contributed by atoms with E-state index in [9.17, 15) is 13.2 Å². The quantitative estimate of drug-likeness (QED) is 0.465. The summed E-state index contributed by atoms with van der Waals surface area (Å²) in [5.74, 6) is -0.0434. The van der Waals surface area contributed by atoms with Gasteiger partial charge in [0, 0.05) is 6.54 Å². The Morgan fingerprint density at radius 1 is 0.939 bits per heavy atom. The van der Waals surface area contributed by atoms with Crippen molar-refractivity contribution in [3.8, 4) is 0 Å². The lowest BCUT2D eigenvalue weighted by molar-refractivity contribution is -0.119. The summed E-state index contributed by atoms with van der Waals surface area (Å²) in [7, 11) is -3.91. The number of nitrogens with one attached hydrogen (secondary N) is 1. The molecule has 0 spiro atoms. The number of carbonyl (C=O) groups excluding carboxylic acids is 1. The third-order valence-corrected chi connectivity index (χ3v) is 7.56. The summed E-state index contributed by atoms with van der Waals surface area (Å²) in [5, 5.41) is 2.97. The number of benzene rings is 3. The van der Waals surface area contributed by atoms with Gasteiger partial charge in [-0.05, 0) is 61.1 Å². The van der Waals surface area contributed by atoms with Gasteiger partial charge in [0.25, 0.3) is 10.0 Å². The lowest BCUT2D eigenvalue weighted by Crippen LogP contribution is -2.42. The minimum Gasteiger partial charge on any atom is -0.354 e. The number of amides is 1. The molecule has 174 valence electrons. The number of aryl methyl sites for hydroxylation is 2. The van der Waals surface area contributed by atoms with E-state index in [2.05, 4.69) is 24.4 Å². The Hall–Kier alpha value is -3.12. The van der Waals surface area contributed by atoms with Crippen molar-refractivity contribution in [1.29, 1.82) is 0 Å². The second kappa shape index (κ2) is 11.1. The van der Waals surface area contributed by atoms with E-state index in [0.717, 1.165) is 24.0 Å². The number of anilines is 1. The van der Waals surface area contributed by atoms with E-state index in [-0.39, 0.29) is 23.3 Å². The van der Waals surface area contributed by atoms with Gasteiger partial charge in [-0.2, -0.15) is 0 Å². The molecule has 0 aliphatic rings. The van der Waals surface area contributed by atoms with Crippen molar-refractivity contribution in [3.63, 3.8) is 0 Å². The molecule has 0 heterocycles. The highest BCUT2D eigenvalue weighted by molar-refractivity contribution is 7.92. The van der Waals surface area contributed by atoms with Crippen molar-refractivity contribution < 1.29 is 13.2 Å². The van der Waals surface area contributed by atoms with Crippen molar-refractivity contribution in [2.45, 2.75) is 38.5 Å². The number of carbonyl (C=O) groups is 1. The molecule has 1 N–H and O–H groups in total. The van der Waals surface area contributed by atoms with Crippen molar-refractivity contribution in [2.24, 2.45) is 5.92 Å². The molecule has 6 heteroatoms. The van der Waals surface area contributed by atoms with Crippen LogP contribution in [0.3, 0.4) is 0 Å². The van der Waals surface area contributed by atoms with Crippen LogP contribution in [0.1, 0.15) is 30.0 Å². The van der Waals surface area contributed by atoms with Crippen LogP contribution in [-0.4, -0.2) is 27.4 Å². The average Bonchev–Trinajstić information content (AvgIpc) is 2.83. The smallest absolute Gasteiger partial charge is 0.264 e. The van der Waals surface area contributed by atoms with Crippen molar-refractivity contribution in [3.05, 3.63) is 95.6 Å². The molecular weight excluding hydrogens is 432 g/mol. The number of sulfonamides is 1. The summed E-state index contributed by atoms with van der Waals surface area (Å²) in [5.41, 5.74) is 3.47. The molecule has 3 rings (SSSR count). The molecule has 0 aromatic heterocycles. The van der Waals surface area contributed by atoms with Crippen LogP contribution >= 0.6 is 0 Å². The van der Waals surface area contributed by atoms with Crippen LogP contribution in [-0.2, 0) is 21.2 Å². The van der Waals surface area contributed by atoms with Crippen LogP contribution in [0, 0.1) is 19.8 Å². The lowest BCUT2D eigenvalue weighted by Gasteiger charge is -2.26. The molecule has 1 unspecified atom stereocenters. The van der Waals surface area contributed by atoms with Gasteiger partial charge < -0.3 is 5.32 Å². The van der Waals surface area contributed by atoms with Gasteiger partial charge in [-0.3, -0.25) is 9.10 Å². The summed E-state index contributed by atoms with van der Waals surface area (Å²) < 4.78 is 28.2. The molecular formula is C27H32N2O3S.